The molecule has 0 aliphatic carbocycles. The minimum atomic E-state index is -0.163. The molecule has 0 fully saturated rings. The summed E-state index contributed by atoms with van der Waals surface area (Å²) in [5.41, 5.74) is 0. The Morgan fingerprint density at radius 2 is 1.20 bits per heavy atom. The minimum Gasteiger partial charge on any atom is -0.105 e. The summed E-state index contributed by atoms with van der Waals surface area (Å²) >= 11 is 12.0. The van der Waals surface area contributed by atoms with Gasteiger partial charge in [0.15, 0.2) is 0 Å². The second kappa shape index (κ2) is 11.1. The van der Waals surface area contributed by atoms with Crippen LogP contribution in [0.3, 0.4) is 0 Å². The predicted molar refractivity (Wildman–Crippen MR) is 71.9 cm³/mol. The highest BCUT2D eigenvalue weighted by molar-refractivity contribution is 6.44. The molecule has 0 rings (SSSR count). The first-order chi connectivity index (χ1) is 7.22. The molecule has 0 saturated heterocycles. The first kappa shape index (κ1) is 15.6. The van der Waals surface area contributed by atoms with E-state index in [1.54, 1.807) is 0 Å². The number of alkyl halides is 2. The van der Waals surface area contributed by atoms with E-state index < -0.39 is 0 Å². The van der Waals surface area contributed by atoms with Gasteiger partial charge in [0.1, 0.15) is 4.84 Å². The largest absolute Gasteiger partial charge is 0.110 e. The van der Waals surface area contributed by atoms with Crippen molar-refractivity contribution in [3.05, 3.63) is 0 Å². The van der Waals surface area contributed by atoms with Gasteiger partial charge in [-0.2, -0.15) is 0 Å². The molecule has 15 heavy (non-hydrogen) atoms. The molecule has 0 saturated carbocycles. The van der Waals surface area contributed by atoms with Gasteiger partial charge >= 0.3 is 0 Å². The number of hydrogen-bond donors (Lipinski definition) is 0. The molecule has 0 aliphatic heterocycles. The SMILES string of the molecule is CCCCCCC(CCCCC)C(Cl)Cl. The van der Waals surface area contributed by atoms with Crippen molar-refractivity contribution in [2.45, 2.75) is 76.5 Å². The van der Waals surface area contributed by atoms with Crippen molar-refractivity contribution in [1.29, 1.82) is 0 Å². The highest BCUT2D eigenvalue weighted by Gasteiger charge is 2.15. The highest BCUT2D eigenvalue weighted by atomic mass is 35.5. The summed E-state index contributed by atoms with van der Waals surface area (Å²) in [6.07, 6.45) is 11.6. The Morgan fingerprint density at radius 3 is 1.67 bits per heavy atom. The van der Waals surface area contributed by atoms with Gasteiger partial charge in [0.05, 0.1) is 0 Å². The molecular formula is C13H26Cl2. The maximum atomic E-state index is 6.00. The van der Waals surface area contributed by atoms with Gasteiger partial charge in [-0.05, 0) is 18.8 Å². The average molecular weight is 253 g/mol. The third-order valence-electron chi connectivity index (χ3n) is 2.96. The van der Waals surface area contributed by atoms with Crippen molar-refractivity contribution in [3.8, 4) is 0 Å². The Labute approximate surface area is 106 Å². The normalized spacial score (nSPS) is 13.4. The van der Waals surface area contributed by atoms with Crippen molar-refractivity contribution in [1.82, 2.24) is 0 Å². The zero-order valence-corrected chi connectivity index (χ0v) is 11.8. The van der Waals surface area contributed by atoms with Crippen molar-refractivity contribution in [2.24, 2.45) is 5.92 Å². The Balaban J connectivity index is 3.54. The number of halogens is 2. The lowest BCUT2D eigenvalue weighted by Crippen LogP contribution is -2.09. The summed E-state index contributed by atoms with van der Waals surface area (Å²) in [5, 5.41) is 0. The molecule has 0 amide bonds. The smallest absolute Gasteiger partial charge is 0.105 e. The molecular weight excluding hydrogens is 227 g/mol. The maximum Gasteiger partial charge on any atom is 0.110 e. The molecule has 0 nitrogen and oxygen atoms in total. The molecule has 0 heterocycles. The maximum absolute atomic E-state index is 6.00. The Hall–Kier alpha value is 0.580. The topological polar surface area (TPSA) is 0 Å². The fourth-order valence-corrected chi connectivity index (χ4v) is 2.39. The first-order valence-electron chi connectivity index (χ1n) is 6.50. The molecule has 0 bridgehead atoms. The summed E-state index contributed by atoms with van der Waals surface area (Å²) in [4.78, 5) is -0.163. The number of unbranched alkanes of at least 4 members (excludes halogenated alkanes) is 5. The summed E-state index contributed by atoms with van der Waals surface area (Å²) in [6, 6.07) is 0. The Bertz CT molecular complexity index is 124. The van der Waals surface area contributed by atoms with Gasteiger partial charge in [0.2, 0.25) is 0 Å². The zero-order valence-electron chi connectivity index (χ0n) is 10.3. The van der Waals surface area contributed by atoms with E-state index >= 15 is 0 Å². The van der Waals surface area contributed by atoms with Gasteiger partial charge in [-0.25, -0.2) is 0 Å². The molecule has 0 aromatic rings. The summed E-state index contributed by atoms with van der Waals surface area (Å²) in [5.74, 6) is 0.525. The fourth-order valence-electron chi connectivity index (χ4n) is 1.89. The molecule has 0 aromatic carbocycles. The van der Waals surface area contributed by atoms with Crippen LogP contribution in [0.5, 0.6) is 0 Å². The molecule has 1 atom stereocenters. The van der Waals surface area contributed by atoms with E-state index in [0.29, 0.717) is 5.92 Å². The van der Waals surface area contributed by atoms with E-state index in [1.807, 2.05) is 0 Å². The van der Waals surface area contributed by atoms with E-state index in [9.17, 15) is 0 Å². The van der Waals surface area contributed by atoms with E-state index in [2.05, 4.69) is 13.8 Å². The lowest BCUT2D eigenvalue weighted by molar-refractivity contribution is 0.429. The van der Waals surface area contributed by atoms with Crippen LogP contribution in [-0.4, -0.2) is 4.84 Å². The van der Waals surface area contributed by atoms with Crippen LogP contribution in [-0.2, 0) is 0 Å². The van der Waals surface area contributed by atoms with Crippen molar-refractivity contribution in [3.63, 3.8) is 0 Å². The summed E-state index contributed by atoms with van der Waals surface area (Å²) < 4.78 is 0. The molecule has 0 radical (unpaired) electrons. The Kier molecular flexibility index (Phi) is 11.5. The quantitative estimate of drug-likeness (QED) is 0.333. The molecule has 0 aliphatic rings. The fraction of sp³-hybridized carbons (Fsp3) is 1.00. The number of hydrogen-bond acceptors (Lipinski definition) is 0. The van der Waals surface area contributed by atoms with E-state index in [4.69, 9.17) is 23.2 Å². The Morgan fingerprint density at radius 1 is 0.733 bits per heavy atom. The van der Waals surface area contributed by atoms with Gasteiger partial charge in [-0.1, -0.05) is 58.8 Å². The standard InChI is InChI=1S/C13H26Cl2/c1-3-5-7-9-11-12(13(14)15)10-8-6-4-2/h12-13H,3-11H2,1-2H3. The van der Waals surface area contributed by atoms with Crippen molar-refractivity contribution >= 4 is 23.2 Å². The van der Waals surface area contributed by atoms with Crippen LogP contribution in [0.4, 0.5) is 0 Å². The van der Waals surface area contributed by atoms with Crippen LogP contribution in [0, 0.1) is 5.92 Å². The van der Waals surface area contributed by atoms with Crippen molar-refractivity contribution < 1.29 is 0 Å². The van der Waals surface area contributed by atoms with Crippen LogP contribution in [0.25, 0.3) is 0 Å². The van der Waals surface area contributed by atoms with Crippen LogP contribution < -0.4 is 0 Å². The summed E-state index contributed by atoms with van der Waals surface area (Å²) in [7, 11) is 0. The monoisotopic (exact) mass is 252 g/mol. The van der Waals surface area contributed by atoms with E-state index in [-0.39, 0.29) is 4.84 Å². The van der Waals surface area contributed by atoms with Crippen LogP contribution in [0.1, 0.15) is 71.6 Å². The first-order valence-corrected chi connectivity index (χ1v) is 7.37. The van der Waals surface area contributed by atoms with Crippen LogP contribution >= 0.6 is 23.2 Å². The van der Waals surface area contributed by atoms with Gasteiger partial charge in [0, 0.05) is 0 Å². The molecule has 0 N–H and O–H groups in total. The van der Waals surface area contributed by atoms with Gasteiger partial charge in [-0.15, -0.1) is 23.2 Å². The van der Waals surface area contributed by atoms with E-state index in [1.165, 1.54) is 57.8 Å². The average Bonchev–Trinajstić information content (AvgIpc) is 2.21. The van der Waals surface area contributed by atoms with Gasteiger partial charge in [-0.3, -0.25) is 0 Å². The third-order valence-corrected chi connectivity index (χ3v) is 3.68. The van der Waals surface area contributed by atoms with Crippen LogP contribution in [0.2, 0.25) is 0 Å². The van der Waals surface area contributed by atoms with E-state index in [0.717, 1.165) is 0 Å². The predicted octanol–water partition coefficient (Wildman–Crippen LogP) is 5.96. The highest BCUT2D eigenvalue weighted by Crippen LogP contribution is 2.26. The lowest BCUT2D eigenvalue weighted by Gasteiger charge is -2.17. The lowest BCUT2D eigenvalue weighted by atomic mass is 9.96. The molecule has 0 aromatic heterocycles. The molecule has 92 valence electrons. The van der Waals surface area contributed by atoms with Gasteiger partial charge < -0.3 is 0 Å². The second-order valence-corrected chi connectivity index (χ2v) is 5.60. The number of rotatable bonds is 10. The van der Waals surface area contributed by atoms with Gasteiger partial charge in [0.25, 0.3) is 0 Å². The zero-order chi connectivity index (χ0) is 11.5. The van der Waals surface area contributed by atoms with Crippen LogP contribution in [0.15, 0.2) is 0 Å². The second-order valence-electron chi connectivity index (χ2n) is 4.44. The molecule has 1 unspecified atom stereocenters. The molecule has 0 spiro atoms. The molecule has 2 heteroatoms. The van der Waals surface area contributed by atoms with Crippen molar-refractivity contribution in [2.75, 3.05) is 0 Å². The summed E-state index contributed by atoms with van der Waals surface area (Å²) in [6.45, 7) is 4.47. The third kappa shape index (κ3) is 9.51. The minimum absolute atomic E-state index is 0.163.